The van der Waals surface area contributed by atoms with Gasteiger partial charge in [-0.2, -0.15) is 4.98 Å². The molecule has 0 aliphatic heterocycles. The van der Waals surface area contributed by atoms with Crippen LogP contribution in [-0.4, -0.2) is 56.3 Å². The number of nitrogen functional groups attached to an aromatic ring is 1. The number of nitrogens with zero attached hydrogens (tertiary/aromatic N) is 3. The maximum atomic E-state index is 11.8. The number of aliphatic carboxylic acids is 1. The van der Waals surface area contributed by atoms with Crippen molar-refractivity contribution >= 4 is 29.1 Å². The standard InChI is InChI=1S/C16H24N6O5/c1-2-3-12(25)27-8-10(6-18-7-11(23)24)4-5-22-9-19-13-14(22)20-16(17)21-15(13)26/h9-10,18H,2-8H2,1H3,(H,23,24)(H3,17,20,21,26). The Balaban J connectivity index is 2.02. The van der Waals surface area contributed by atoms with Crippen LogP contribution in [0.1, 0.15) is 26.2 Å². The molecular weight excluding hydrogens is 356 g/mol. The predicted molar refractivity (Wildman–Crippen MR) is 97.0 cm³/mol. The highest BCUT2D eigenvalue weighted by Gasteiger charge is 2.15. The fourth-order valence-corrected chi connectivity index (χ4v) is 2.57. The molecule has 11 nitrogen and oxygen atoms in total. The highest BCUT2D eigenvalue weighted by atomic mass is 16.5. The Kier molecular flexibility index (Phi) is 7.29. The van der Waals surface area contributed by atoms with E-state index < -0.39 is 11.5 Å². The van der Waals surface area contributed by atoms with Crippen molar-refractivity contribution in [3.8, 4) is 0 Å². The number of nitrogens with two attached hydrogens (primary N) is 1. The van der Waals surface area contributed by atoms with Gasteiger partial charge in [-0.15, -0.1) is 0 Å². The fourth-order valence-electron chi connectivity index (χ4n) is 2.57. The molecule has 2 aromatic heterocycles. The van der Waals surface area contributed by atoms with Crippen LogP contribution in [0.5, 0.6) is 0 Å². The van der Waals surface area contributed by atoms with Crippen molar-refractivity contribution in [1.82, 2.24) is 24.8 Å². The molecule has 27 heavy (non-hydrogen) atoms. The maximum Gasteiger partial charge on any atom is 0.317 e. The van der Waals surface area contributed by atoms with Crippen LogP contribution in [0.2, 0.25) is 0 Å². The quantitative estimate of drug-likeness (QED) is 0.384. The average Bonchev–Trinajstić information content (AvgIpc) is 3.00. The normalized spacial score (nSPS) is 12.2. The molecule has 2 heterocycles. The van der Waals surface area contributed by atoms with Crippen LogP contribution in [0.3, 0.4) is 0 Å². The molecule has 0 fully saturated rings. The monoisotopic (exact) mass is 380 g/mol. The van der Waals surface area contributed by atoms with E-state index in [1.165, 1.54) is 6.33 Å². The van der Waals surface area contributed by atoms with Gasteiger partial charge in [-0.1, -0.05) is 6.92 Å². The summed E-state index contributed by atoms with van der Waals surface area (Å²) in [4.78, 5) is 44.6. The van der Waals surface area contributed by atoms with Gasteiger partial charge in [-0.25, -0.2) is 4.98 Å². The number of nitrogens with one attached hydrogen (secondary N) is 2. The molecule has 2 rings (SSSR count). The third-order valence-electron chi connectivity index (χ3n) is 3.91. The Labute approximate surface area is 154 Å². The van der Waals surface area contributed by atoms with Crippen LogP contribution in [0, 0.1) is 5.92 Å². The van der Waals surface area contributed by atoms with Gasteiger partial charge < -0.3 is 25.5 Å². The van der Waals surface area contributed by atoms with Gasteiger partial charge in [0.1, 0.15) is 0 Å². The molecule has 0 aliphatic carbocycles. The van der Waals surface area contributed by atoms with Crippen LogP contribution in [-0.2, 0) is 20.9 Å². The molecule has 0 bridgehead atoms. The summed E-state index contributed by atoms with van der Waals surface area (Å²) in [5, 5.41) is 11.6. The SMILES string of the molecule is CCCC(=O)OCC(CCn1cnc2c(=O)[nH]c(N)nc21)CNCC(=O)O. The van der Waals surface area contributed by atoms with E-state index in [-0.39, 0.29) is 36.5 Å². The smallest absolute Gasteiger partial charge is 0.317 e. The number of imidazole rings is 1. The molecule has 0 spiro atoms. The number of fused-ring (bicyclic) bond motifs is 1. The number of aromatic nitrogens is 4. The minimum Gasteiger partial charge on any atom is -0.480 e. The zero-order valence-electron chi connectivity index (χ0n) is 15.1. The lowest BCUT2D eigenvalue weighted by Gasteiger charge is -2.17. The number of carboxylic acids is 1. The summed E-state index contributed by atoms with van der Waals surface area (Å²) in [6.45, 7) is 2.71. The van der Waals surface area contributed by atoms with Gasteiger partial charge in [0.25, 0.3) is 5.56 Å². The van der Waals surface area contributed by atoms with Crippen molar-refractivity contribution in [1.29, 1.82) is 0 Å². The van der Waals surface area contributed by atoms with Gasteiger partial charge in [0, 0.05) is 25.4 Å². The second-order valence-electron chi connectivity index (χ2n) is 6.17. The lowest BCUT2D eigenvalue weighted by molar-refractivity contribution is -0.145. The van der Waals surface area contributed by atoms with E-state index in [9.17, 15) is 14.4 Å². The summed E-state index contributed by atoms with van der Waals surface area (Å²) >= 11 is 0. The van der Waals surface area contributed by atoms with Crippen LogP contribution in [0.4, 0.5) is 5.95 Å². The van der Waals surface area contributed by atoms with E-state index in [2.05, 4.69) is 20.3 Å². The third kappa shape index (κ3) is 6.06. The van der Waals surface area contributed by atoms with Crippen molar-refractivity contribution in [3.63, 3.8) is 0 Å². The molecular formula is C16H24N6O5. The van der Waals surface area contributed by atoms with Gasteiger partial charge in [0.05, 0.1) is 19.5 Å². The molecule has 0 saturated heterocycles. The van der Waals surface area contributed by atoms with Gasteiger partial charge in [-0.05, 0) is 12.8 Å². The Bertz CT molecular complexity index is 845. The molecule has 2 aromatic rings. The largest absolute Gasteiger partial charge is 0.480 e. The van der Waals surface area contributed by atoms with Crippen molar-refractivity contribution in [2.45, 2.75) is 32.7 Å². The number of carbonyl (C=O) groups is 2. The van der Waals surface area contributed by atoms with Gasteiger partial charge in [0.2, 0.25) is 5.95 Å². The summed E-state index contributed by atoms with van der Waals surface area (Å²) < 4.78 is 6.95. The van der Waals surface area contributed by atoms with E-state index in [1.54, 1.807) is 4.57 Å². The van der Waals surface area contributed by atoms with Crippen LogP contribution >= 0.6 is 0 Å². The lowest BCUT2D eigenvalue weighted by Crippen LogP contribution is -2.31. The second-order valence-corrected chi connectivity index (χ2v) is 6.17. The molecule has 0 aromatic carbocycles. The molecule has 1 unspecified atom stereocenters. The predicted octanol–water partition coefficient (Wildman–Crippen LogP) is -0.274. The van der Waals surface area contributed by atoms with Crippen LogP contribution in [0.25, 0.3) is 11.2 Å². The first-order valence-corrected chi connectivity index (χ1v) is 8.69. The zero-order valence-corrected chi connectivity index (χ0v) is 15.1. The highest BCUT2D eigenvalue weighted by Crippen LogP contribution is 2.11. The minimum atomic E-state index is -0.962. The van der Waals surface area contributed by atoms with Crippen molar-refractivity contribution in [2.24, 2.45) is 5.92 Å². The maximum absolute atomic E-state index is 11.8. The lowest BCUT2D eigenvalue weighted by atomic mass is 10.1. The van der Waals surface area contributed by atoms with Gasteiger partial charge in [-0.3, -0.25) is 19.4 Å². The van der Waals surface area contributed by atoms with E-state index >= 15 is 0 Å². The van der Waals surface area contributed by atoms with E-state index in [4.69, 9.17) is 15.6 Å². The van der Waals surface area contributed by atoms with E-state index in [0.29, 0.717) is 38.0 Å². The number of ether oxygens (including phenoxy) is 1. The van der Waals surface area contributed by atoms with Crippen LogP contribution in [0.15, 0.2) is 11.1 Å². The zero-order chi connectivity index (χ0) is 19.8. The third-order valence-corrected chi connectivity index (χ3v) is 3.91. The first-order valence-electron chi connectivity index (χ1n) is 8.69. The number of aryl methyl sites for hydroxylation is 1. The molecule has 0 saturated carbocycles. The Morgan fingerprint density at radius 1 is 1.48 bits per heavy atom. The number of aromatic amines is 1. The number of hydrogen-bond donors (Lipinski definition) is 4. The van der Waals surface area contributed by atoms with Crippen molar-refractivity contribution < 1.29 is 19.4 Å². The first-order chi connectivity index (χ1) is 12.9. The second kappa shape index (κ2) is 9.67. The Morgan fingerprint density at radius 3 is 2.96 bits per heavy atom. The Morgan fingerprint density at radius 2 is 2.26 bits per heavy atom. The summed E-state index contributed by atoms with van der Waals surface area (Å²) in [7, 11) is 0. The molecule has 1 atom stereocenters. The van der Waals surface area contributed by atoms with E-state index in [0.717, 1.165) is 0 Å². The van der Waals surface area contributed by atoms with Gasteiger partial charge >= 0.3 is 11.9 Å². The summed E-state index contributed by atoms with van der Waals surface area (Å²) in [5.74, 6) is -1.35. The molecule has 11 heteroatoms. The molecule has 5 N–H and O–H groups in total. The summed E-state index contributed by atoms with van der Waals surface area (Å²) in [5.41, 5.74) is 5.73. The number of anilines is 1. The summed E-state index contributed by atoms with van der Waals surface area (Å²) in [6, 6.07) is 0. The topological polar surface area (TPSA) is 165 Å². The van der Waals surface area contributed by atoms with Crippen molar-refractivity contribution in [3.05, 3.63) is 16.7 Å². The average molecular weight is 380 g/mol. The van der Waals surface area contributed by atoms with E-state index in [1.807, 2.05) is 6.92 Å². The molecule has 148 valence electrons. The van der Waals surface area contributed by atoms with Gasteiger partial charge in [0.15, 0.2) is 11.2 Å². The Hall–Kier alpha value is -2.95. The number of rotatable bonds is 11. The number of H-pyrrole nitrogens is 1. The number of esters is 1. The molecule has 0 amide bonds. The highest BCUT2D eigenvalue weighted by molar-refractivity contribution is 5.70. The molecule has 0 aliphatic rings. The fraction of sp³-hybridized carbons (Fsp3) is 0.562. The van der Waals surface area contributed by atoms with Crippen molar-refractivity contribution in [2.75, 3.05) is 25.4 Å². The minimum absolute atomic E-state index is 0.00224. The first kappa shape index (κ1) is 20.4. The van der Waals surface area contributed by atoms with Crippen LogP contribution < -0.4 is 16.6 Å². The summed E-state index contributed by atoms with van der Waals surface area (Å²) in [6.07, 6.45) is 3.10. The number of carboxylic acid groups (broad SMARTS) is 1. The number of hydrogen-bond acceptors (Lipinski definition) is 8. The number of carbonyl (C=O) groups excluding carboxylic acids is 1. The molecule has 0 radical (unpaired) electrons.